The Labute approximate surface area is 181 Å². The summed E-state index contributed by atoms with van der Waals surface area (Å²) in [4.78, 5) is 35.7. The molecule has 164 valence electrons. The predicted octanol–water partition coefficient (Wildman–Crippen LogP) is 3.96. The Kier molecular flexibility index (Phi) is 6.95. The fraction of sp³-hybridized carbons (Fsp3) is 0.375. The lowest BCUT2D eigenvalue weighted by molar-refractivity contribution is -0.154. The number of aliphatic carboxylic acids is 1. The van der Waals surface area contributed by atoms with E-state index in [9.17, 15) is 14.4 Å². The molecular formula is C24H27NO6. The lowest BCUT2D eigenvalue weighted by Crippen LogP contribution is -2.46. The third-order valence-corrected chi connectivity index (χ3v) is 5.32. The van der Waals surface area contributed by atoms with Crippen LogP contribution in [0.25, 0.3) is 11.1 Å². The van der Waals surface area contributed by atoms with Gasteiger partial charge in [-0.1, -0.05) is 62.4 Å². The van der Waals surface area contributed by atoms with Crippen molar-refractivity contribution < 1.29 is 29.0 Å². The molecule has 1 unspecified atom stereocenters. The number of carbonyl (C=O) groups excluding carboxylic acids is 2. The molecule has 0 aliphatic heterocycles. The second kappa shape index (κ2) is 9.64. The molecule has 0 aromatic heterocycles. The summed E-state index contributed by atoms with van der Waals surface area (Å²) in [5.74, 6) is -2.09. The fourth-order valence-corrected chi connectivity index (χ4v) is 3.82. The van der Waals surface area contributed by atoms with Crippen molar-refractivity contribution in [3.8, 4) is 11.1 Å². The van der Waals surface area contributed by atoms with Gasteiger partial charge in [-0.3, -0.25) is 4.79 Å². The minimum absolute atomic E-state index is 0.0850. The van der Waals surface area contributed by atoms with Crippen LogP contribution in [0.5, 0.6) is 0 Å². The fourth-order valence-electron chi connectivity index (χ4n) is 3.82. The van der Waals surface area contributed by atoms with Crippen LogP contribution in [0, 0.1) is 5.92 Å². The molecule has 0 fully saturated rings. The van der Waals surface area contributed by atoms with Crippen LogP contribution in [0.2, 0.25) is 0 Å². The first kappa shape index (κ1) is 22.3. The number of hydrogen-bond acceptors (Lipinski definition) is 5. The summed E-state index contributed by atoms with van der Waals surface area (Å²) >= 11 is 0. The van der Waals surface area contributed by atoms with Gasteiger partial charge in [0, 0.05) is 5.92 Å². The zero-order chi connectivity index (χ0) is 22.5. The number of ether oxygens (including phenoxy) is 2. The maximum atomic E-state index is 12.5. The van der Waals surface area contributed by atoms with Crippen LogP contribution >= 0.6 is 0 Å². The number of carboxylic acids is 1. The summed E-state index contributed by atoms with van der Waals surface area (Å²) in [5.41, 5.74) is 4.45. The molecule has 1 aliphatic rings. The second-order valence-electron chi connectivity index (χ2n) is 8.04. The summed E-state index contributed by atoms with van der Waals surface area (Å²) < 4.78 is 10.7. The van der Waals surface area contributed by atoms with Crippen molar-refractivity contribution in [3.63, 3.8) is 0 Å². The molecule has 0 heterocycles. The maximum Gasteiger partial charge on any atom is 0.407 e. The Balaban J connectivity index is 1.63. The quantitative estimate of drug-likeness (QED) is 0.621. The molecule has 3 rings (SSSR count). The van der Waals surface area contributed by atoms with Gasteiger partial charge in [-0.15, -0.1) is 0 Å². The first-order valence-electron chi connectivity index (χ1n) is 10.3. The highest BCUT2D eigenvalue weighted by Gasteiger charge is 2.31. The highest BCUT2D eigenvalue weighted by atomic mass is 16.6. The van der Waals surface area contributed by atoms with Gasteiger partial charge in [0.05, 0.1) is 6.42 Å². The number of carbonyl (C=O) groups is 3. The Morgan fingerprint density at radius 1 is 0.968 bits per heavy atom. The van der Waals surface area contributed by atoms with Gasteiger partial charge in [-0.05, 0) is 35.1 Å². The third kappa shape index (κ3) is 5.23. The molecule has 0 spiro atoms. The van der Waals surface area contributed by atoms with Crippen LogP contribution in [-0.2, 0) is 19.1 Å². The van der Waals surface area contributed by atoms with Crippen molar-refractivity contribution in [1.29, 1.82) is 0 Å². The van der Waals surface area contributed by atoms with Gasteiger partial charge in [-0.25, -0.2) is 9.59 Å². The number of alkyl carbamates (subject to hydrolysis) is 1. The predicted molar refractivity (Wildman–Crippen MR) is 115 cm³/mol. The molecule has 2 atom stereocenters. The van der Waals surface area contributed by atoms with Gasteiger partial charge >= 0.3 is 18.0 Å². The average Bonchev–Trinajstić information content (AvgIpc) is 3.03. The Morgan fingerprint density at radius 3 is 2.03 bits per heavy atom. The summed E-state index contributed by atoms with van der Waals surface area (Å²) in [6.07, 6.45) is -1.82. The van der Waals surface area contributed by atoms with Crippen molar-refractivity contribution in [2.45, 2.75) is 45.3 Å². The Bertz CT molecular complexity index is 925. The SMILES string of the molecule is CC(CC(=O)O)OC(=O)[C@@H](NC(=O)OCC1c2ccccc2-c2ccccc21)C(C)C. The van der Waals surface area contributed by atoms with Crippen molar-refractivity contribution >= 4 is 18.0 Å². The largest absolute Gasteiger partial charge is 0.481 e. The van der Waals surface area contributed by atoms with Crippen molar-refractivity contribution in [2.75, 3.05) is 6.61 Å². The topological polar surface area (TPSA) is 102 Å². The number of benzene rings is 2. The van der Waals surface area contributed by atoms with Gasteiger partial charge in [-0.2, -0.15) is 0 Å². The van der Waals surface area contributed by atoms with Gasteiger partial charge in [0.1, 0.15) is 18.8 Å². The van der Waals surface area contributed by atoms with E-state index >= 15 is 0 Å². The van der Waals surface area contributed by atoms with Gasteiger partial charge in [0.2, 0.25) is 0 Å². The number of amides is 1. The molecule has 31 heavy (non-hydrogen) atoms. The van der Waals surface area contributed by atoms with E-state index in [2.05, 4.69) is 17.4 Å². The van der Waals surface area contributed by atoms with Gasteiger partial charge in [0.25, 0.3) is 0 Å². The van der Waals surface area contributed by atoms with Crippen molar-refractivity contribution in [2.24, 2.45) is 5.92 Å². The zero-order valence-corrected chi connectivity index (χ0v) is 17.8. The number of esters is 1. The molecule has 1 aliphatic carbocycles. The molecular weight excluding hydrogens is 398 g/mol. The van der Waals surface area contributed by atoms with Crippen LogP contribution in [0.1, 0.15) is 44.2 Å². The average molecular weight is 425 g/mol. The molecule has 7 heteroatoms. The van der Waals surface area contributed by atoms with E-state index in [1.165, 1.54) is 6.92 Å². The zero-order valence-electron chi connectivity index (χ0n) is 17.8. The van der Waals surface area contributed by atoms with E-state index in [1.54, 1.807) is 13.8 Å². The van der Waals surface area contributed by atoms with E-state index in [1.807, 2.05) is 36.4 Å². The maximum absolute atomic E-state index is 12.5. The summed E-state index contributed by atoms with van der Waals surface area (Å²) in [6, 6.07) is 15.1. The first-order chi connectivity index (χ1) is 14.8. The number of rotatable bonds is 8. The molecule has 2 aromatic carbocycles. The Hall–Kier alpha value is -3.35. The summed E-state index contributed by atoms with van der Waals surface area (Å²) in [7, 11) is 0. The summed E-state index contributed by atoms with van der Waals surface area (Å²) in [6.45, 7) is 5.15. The lowest BCUT2D eigenvalue weighted by atomic mass is 9.98. The van der Waals surface area contributed by atoms with Crippen LogP contribution in [0.4, 0.5) is 4.79 Å². The minimum Gasteiger partial charge on any atom is -0.481 e. The lowest BCUT2D eigenvalue weighted by Gasteiger charge is -2.23. The normalized spacial score (nSPS) is 14.3. The number of carboxylic acid groups (broad SMARTS) is 1. The van der Waals surface area contributed by atoms with Crippen LogP contribution in [-0.4, -0.2) is 41.9 Å². The number of fused-ring (bicyclic) bond motifs is 3. The second-order valence-corrected chi connectivity index (χ2v) is 8.04. The minimum atomic E-state index is -1.06. The number of nitrogens with one attached hydrogen (secondary N) is 1. The molecule has 0 bridgehead atoms. The molecule has 0 radical (unpaired) electrons. The first-order valence-corrected chi connectivity index (χ1v) is 10.3. The van der Waals surface area contributed by atoms with Crippen molar-refractivity contribution in [3.05, 3.63) is 59.7 Å². The molecule has 0 saturated carbocycles. The summed E-state index contributed by atoms with van der Waals surface area (Å²) in [5, 5.41) is 11.4. The van der Waals surface area contributed by atoms with Crippen LogP contribution in [0.15, 0.2) is 48.5 Å². The molecule has 2 aromatic rings. The highest BCUT2D eigenvalue weighted by molar-refractivity contribution is 5.82. The van der Waals surface area contributed by atoms with E-state index in [-0.39, 0.29) is 24.9 Å². The van der Waals surface area contributed by atoms with Crippen LogP contribution in [0.3, 0.4) is 0 Å². The van der Waals surface area contributed by atoms with Crippen LogP contribution < -0.4 is 5.32 Å². The van der Waals surface area contributed by atoms with E-state index in [0.717, 1.165) is 22.3 Å². The molecule has 1 amide bonds. The van der Waals surface area contributed by atoms with Crippen molar-refractivity contribution in [1.82, 2.24) is 5.32 Å². The van der Waals surface area contributed by atoms with Gasteiger partial charge < -0.3 is 19.9 Å². The van der Waals surface area contributed by atoms with E-state index in [0.29, 0.717) is 0 Å². The smallest absolute Gasteiger partial charge is 0.407 e. The van der Waals surface area contributed by atoms with E-state index in [4.69, 9.17) is 14.6 Å². The standard InChI is InChI=1S/C24H27NO6/c1-14(2)22(23(28)31-15(3)12-21(26)27)25-24(29)30-13-20-18-10-6-4-8-16(18)17-9-5-7-11-19(17)20/h4-11,14-15,20,22H,12-13H2,1-3H3,(H,25,29)(H,26,27)/t15?,22-/m0/s1. The monoisotopic (exact) mass is 425 g/mol. The highest BCUT2D eigenvalue weighted by Crippen LogP contribution is 2.44. The van der Waals surface area contributed by atoms with E-state index < -0.39 is 30.2 Å². The third-order valence-electron chi connectivity index (χ3n) is 5.32. The molecule has 0 saturated heterocycles. The number of hydrogen-bond donors (Lipinski definition) is 2. The van der Waals surface area contributed by atoms with Gasteiger partial charge in [0.15, 0.2) is 0 Å². The molecule has 2 N–H and O–H groups in total. The Morgan fingerprint density at radius 2 is 1.52 bits per heavy atom. The molecule has 7 nitrogen and oxygen atoms in total.